The first-order chi connectivity index (χ1) is 14.1. The fourth-order valence-corrected chi connectivity index (χ4v) is 3.50. The first kappa shape index (κ1) is 18.8. The maximum absolute atomic E-state index is 12.3. The van der Waals surface area contributed by atoms with Crippen molar-refractivity contribution in [3.63, 3.8) is 0 Å². The van der Waals surface area contributed by atoms with Crippen LogP contribution < -0.4 is 10.6 Å². The molecule has 29 heavy (non-hydrogen) atoms. The van der Waals surface area contributed by atoms with Crippen LogP contribution in [0, 0.1) is 0 Å². The lowest BCUT2D eigenvalue weighted by Gasteiger charge is -2.13. The van der Waals surface area contributed by atoms with Crippen molar-refractivity contribution >= 4 is 34.9 Å². The van der Waals surface area contributed by atoms with Crippen LogP contribution >= 0.6 is 11.3 Å². The first-order valence-electron chi connectivity index (χ1n) is 8.92. The SMILES string of the molecule is O=C(CCc1nc(-c2cccs2)no1)Nc1cccc(CN2C(=O)CNC2=O)c1. The van der Waals surface area contributed by atoms with Crippen molar-refractivity contribution in [1.29, 1.82) is 0 Å². The Labute approximate surface area is 169 Å². The molecule has 0 atom stereocenters. The second-order valence-corrected chi connectivity index (χ2v) is 7.32. The van der Waals surface area contributed by atoms with Crippen LogP contribution in [0.5, 0.6) is 0 Å². The zero-order valence-electron chi connectivity index (χ0n) is 15.3. The average Bonchev–Trinajstić information content (AvgIpc) is 3.45. The van der Waals surface area contributed by atoms with Gasteiger partial charge in [-0.3, -0.25) is 14.5 Å². The Hall–Kier alpha value is -3.53. The molecule has 3 aromatic rings. The number of hydrogen-bond donors (Lipinski definition) is 2. The minimum atomic E-state index is -0.411. The molecule has 1 saturated heterocycles. The fraction of sp³-hybridized carbons (Fsp3) is 0.211. The van der Waals surface area contributed by atoms with E-state index >= 15 is 0 Å². The zero-order chi connectivity index (χ0) is 20.2. The van der Waals surface area contributed by atoms with E-state index < -0.39 is 6.03 Å². The number of benzene rings is 1. The number of carbonyl (C=O) groups excluding carboxylic acids is 3. The largest absolute Gasteiger partial charge is 0.339 e. The summed E-state index contributed by atoms with van der Waals surface area (Å²) in [6, 6.07) is 10.4. The number of hydrogen-bond acceptors (Lipinski definition) is 7. The van der Waals surface area contributed by atoms with Gasteiger partial charge < -0.3 is 15.2 Å². The van der Waals surface area contributed by atoms with Gasteiger partial charge in [0.15, 0.2) is 0 Å². The Bertz CT molecular complexity index is 1030. The minimum Gasteiger partial charge on any atom is -0.339 e. The van der Waals surface area contributed by atoms with Crippen molar-refractivity contribution in [1.82, 2.24) is 20.4 Å². The molecule has 1 aliphatic rings. The Morgan fingerprint density at radius 2 is 2.17 bits per heavy atom. The van der Waals surface area contributed by atoms with Gasteiger partial charge in [-0.15, -0.1) is 11.3 Å². The predicted molar refractivity (Wildman–Crippen MR) is 105 cm³/mol. The molecular formula is C19H17N5O4S. The molecule has 0 bridgehead atoms. The summed E-state index contributed by atoms with van der Waals surface area (Å²) in [5, 5.41) is 11.1. The second-order valence-electron chi connectivity index (χ2n) is 6.38. The van der Waals surface area contributed by atoms with Crippen molar-refractivity contribution < 1.29 is 18.9 Å². The maximum Gasteiger partial charge on any atom is 0.324 e. The summed E-state index contributed by atoms with van der Waals surface area (Å²) in [7, 11) is 0. The van der Waals surface area contributed by atoms with Crippen LogP contribution in [0.15, 0.2) is 46.3 Å². The van der Waals surface area contributed by atoms with Gasteiger partial charge >= 0.3 is 6.03 Å². The normalized spacial score (nSPS) is 13.6. The van der Waals surface area contributed by atoms with E-state index in [1.807, 2.05) is 17.5 Å². The summed E-state index contributed by atoms with van der Waals surface area (Å²) >= 11 is 1.51. The van der Waals surface area contributed by atoms with E-state index in [1.165, 1.54) is 11.3 Å². The van der Waals surface area contributed by atoms with Crippen molar-refractivity contribution in [3.8, 4) is 10.7 Å². The Kier molecular flexibility index (Phi) is 5.34. The van der Waals surface area contributed by atoms with Crippen LogP contribution in [0.4, 0.5) is 10.5 Å². The Balaban J connectivity index is 1.32. The number of amides is 4. The standard InChI is InChI=1S/C19H17N5O4S/c25-15(6-7-16-22-18(23-28-16)14-5-2-8-29-14)21-13-4-1-3-12(9-13)11-24-17(26)10-20-19(24)27/h1-5,8-9H,6-7,10-11H2,(H,20,27)(H,21,25). The minimum absolute atomic E-state index is 0.0130. The van der Waals surface area contributed by atoms with E-state index in [4.69, 9.17) is 4.52 Å². The van der Waals surface area contributed by atoms with E-state index in [2.05, 4.69) is 20.8 Å². The third-order valence-corrected chi connectivity index (χ3v) is 5.13. The zero-order valence-corrected chi connectivity index (χ0v) is 16.1. The number of rotatable bonds is 7. The predicted octanol–water partition coefficient (Wildman–Crippen LogP) is 2.42. The summed E-state index contributed by atoms with van der Waals surface area (Å²) in [6.45, 7) is 0.168. The van der Waals surface area contributed by atoms with Crippen molar-refractivity contribution in [2.45, 2.75) is 19.4 Å². The van der Waals surface area contributed by atoms with Gasteiger partial charge in [-0.2, -0.15) is 4.98 Å². The molecule has 4 rings (SSSR count). The molecule has 0 saturated carbocycles. The molecule has 0 spiro atoms. The highest BCUT2D eigenvalue weighted by molar-refractivity contribution is 7.13. The number of imide groups is 1. The molecule has 0 radical (unpaired) electrons. The van der Waals surface area contributed by atoms with E-state index in [1.54, 1.807) is 24.3 Å². The highest BCUT2D eigenvalue weighted by Gasteiger charge is 2.28. The van der Waals surface area contributed by atoms with Crippen LogP contribution in [0.2, 0.25) is 0 Å². The highest BCUT2D eigenvalue weighted by atomic mass is 32.1. The van der Waals surface area contributed by atoms with Crippen LogP contribution in [0.3, 0.4) is 0 Å². The van der Waals surface area contributed by atoms with Gasteiger partial charge in [0.05, 0.1) is 18.0 Å². The molecule has 4 amide bonds. The van der Waals surface area contributed by atoms with E-state index in [0.29, 0.717) is 23.8 Å². The molecule has 1 aliphatic heterocycles. The van der Waals surface area contributed by atoms with Gasteiger partial charge in [0, 0.05) is 18.5 Å². The first-order valence-corrected chi connectivity index (χ1v) is 9.80. The second kappa shape index (κ2) is 8.23. The molecule has 1 aromatic carbocycles. The molecule has 148 valence electrons. The van der Waals surface area contributed by atoms with Crippen LogP contribution in [-0.4, -0.2) is 39.4 Å². The molecule has 9 nitrogen and oxygen atoms in total. The fourth-order valence-electron chi connectivity index (χ4n) is 2.85. The van der Waals surface area contributed by atoms with Gasteiger partial charge in [-0.05, 0) is 29.1 Å². The average molecular weight is 411 g/mol. The molecule has 10 heteroatoms. The number of carbonyl (C=O) groups is 3. The number of thiophene rings is 1. The summed E-state index contributed by atoms with van der Waals surface area (Å²) < 4.78 is 5.19. The van der Waals surface area contributed by atoms with Gasteiger partial charge in [0.25, 0.3) is 0 Å². The van der Waals surface area contributed by atoms with Gasteiger partial charge in [-0.25, -0.2) is 4.79 Å². The number of urea groups is 1. The quantitative estimate of drug-likeness (QED) is 0.577. The monoisotopic (exact) mass is 411 g/mol. The third kappa shape index (κ3) is 4.49. The Morgan fingerprint density at radius 1 is 1.28 bits per heavy atom. The summed E-state index contributed by atoms with van der Waals surface area (Å²) in [4.78, 5) is 42.0. The van der Waals surface area contributed by atoms with Crippen molar-refractivity contribution in [2.24, 2.45) is 0 Å². The van der Waals surface area contributed by atoms with Crippen LogP contribution in [0.1, 0.15) is 17.9 Å². The number of aryl methyl sites for hydroxylation is 1. The molecule has 2 aromatic heterocycles. The number of nitrogens with zero attached hydrogens (tertiary/aromatic N) is 3. The van der Waals surface area contributed by atoms with E-state index in [-0.39, 0.29) is 31.3 Å². The number of nitrogens with one attached hydrogen (secondary N) is 2. The maximum atomic E-state index is 12.3. The molecule has 0 aliphatic carbocycles. The highest BCUT2D eigenvalue weighted by Crippen LogP contribution is 2.21. The lowest BCUT2D eigenvalue weighted by molar-refractivity contribution is -0.125. The Morgan fingerprint density at radius 3 is 2.93 bits per heavy atom. The molecule has 0 unspecified atom stereocenters. The molecular weight excluding hydrogens is 394 g/mol. The van der Waals surface area contributed by atoms with E-state index in [9.17, 15) is 14.4 Å². The number of anilines is 1. The smallest absolute Gasteiger partial charge is 0.324 e. The van der Waals surface area contributed by atoms with Gasteiger partial charge in [-0.1, -0.05) is 23.4 Å². The summed E-state index contributed by atoms with van der Waals surface area (Å²) in [5.41, 5.74) is 1.33. The topological polar surface area (TPSA) is 117 Å². The molecule has 1 fully saturated rings. The van der Waals surface area contributed by atoms with E-state index in [0.717, 1.165) is 15.3 Å². The summed E-state index contributed by atoms with van der Waals surface area (Å²) in [6.07, 6.45) is 0.510. The summed E-state index contributed by atoms with van der Waals surface area (Å²) in [5.74, 6) is 0.443. The van der Waals surface area contributed by atoms with Gasteiger partial charge in [0.1, 0.15) is 0 Å². The van der Waals surface area contributed by atoms with Crippen LogP contribution in [-0.2, 0) is 22.6 Å². The lowest BCUT2D eigenvalue weighted by atomic mass is 10.2. The molecule has 3 heterocycles. The van der Waals surface area contributed by atoms with Crippen molar-refractivity contribution in [3.05, 3.63) is 53.2 Å². The third-order valence-electron chi connectivity index (χ3n) is 4.26. The van der Waals surface area contributed by atoms with Crippen molar-refractivity contribution in [2.75, 3.05) is 11.9 Å². The van der Waals surface area contributed by atoms with Gasteiger partial charge in [0.2, 0.25) is 23.5 Å². The van der Waals surface area contributed by atoms with Crippen LogP contribution in [0.25, 0.3) is 10.7 Å². The lowest BCUT2D eigenvalue weighted by Crippen LogP contribution is -2.30. The number of aromatic nitrogens is 2. The molecule has 2 N–H and O–H groups in total.